The number of nitrogens with zero attached hydrogens (tertiary/aromatic N) is 5. The largest absolute Gasteiger partial charge is 0.444 e. The van der Waals surface area contributed by atoms with E-state index >= 15 is 0 Å². The molecular formula is C65H84N8O7. The number of fused-ring (bicyclic) bond motifs is 6. The van der Waals surface area contributed by atoms with E-state index in [-0.39, 0.29) is 47.6 Å². The Hall–Kier alpha value is -7.18. The van der Waals surface area contributed by atoms with E-state index < -0.39 is 53.6 Å². The van der Waals surface area contributed by atoms with Gasteiger partial charge in [0.05, 0.1) is 18.2 Å². The quantitative estimate of drug-likeness (QED) is 0.131. The van der Waals surface area contributed by atoms with Crippen LogP contribution in [0.1, 0.15) is 153 Å². The van der Waals surface area contributed by atoms with E-state index in [4.69, 9.17) is 9.47 Å². The van der Waals surface area contributed by atoms with Crippen molar-refractivity contribution in [2.45, 2.75) is 205 Å². The second kappa shape index (κ2) is 26.9. The van der Waals surface area contributed by atoms with E-state index in [1.807, 2.05) is 90.1 Å². The molecule has 3 aromatic rings. The van der Waals surface area contributed by atoms with Gasteiger partial charge in [0, 0.05) is 37.3 Å². The molecule has 2 heterocycles. The number of hydrogen-bond acceptors (Lipinski definition) is 10. The molecule has 0 unspecified atom stereocenters. The van der Waals surface area contributed by atoms with Gasteiger partial charge in [0.1, 0.15) is 41.4 Å². The Bertz CT molecular complexity index is 2780. The van der Waals surface area contributed by atoms with Crippen molar-refractivity contribution in [2.24, 2.45) is 29.6 Å². The number of nitriles is 3. The third-order valence-corrected chi connectivity index (χ3v) is 16.8. The second-order valence-corrected chi connectivity index (χ2v) is 24.9. The fourth-order valence-corrected chi connectivity index (χ4v) is 12.9. The van der Waals surface area contributed by atoms with E-state index in [9.17, 15) is 39.8 Å². The Kier molecular flexibility index (Phi) is 20.3. The summed E-state index contributed by atoms with van der Waals surface area (Å²) in [6.07, 6.45) is 14.3. The molecular weight excluding hydrogens is 1000 g/mol. The summed E-state index contributed by atoms with van der Waals surface area (Å²) in [7, 11) is 0. The molecule has 15 nitrogen and oxygen atoms in total. The van der Waals surface area contributed by atoms with Crippen molar-refractivity contribution >= 4 is 36.0 Å². The highest BCUT2D eigenvalue weighted by atomic mass is 16.6. The molecule has 15 heteroatoms. The highest BCUT2D eigenvalue weighted by Crippen LogP contribution is 2.48. The maximum atomic E-state index is 13.1. The Balaban J connectivity index is 0.000000175. The van der Waals surface area contributed by atoms with Crippen LogP contribution in [-0.4, -0.2) is 93.2 Å². The number of carbonyl (C=O) groups is 5. The van der Waals surface area contributed by atoms with Crippen LogP contribution in [0, 0.1) is 63.6 Å². The van der Waals surface area contributed by atoms with Crippen molar-refractivity contribution in [1.29, 1.82) is 15.8 Å². The van der Waals surface area contributed by atoms with Gasteiger partial charge in [-0.2, -0.15) is 15.8 Å². The molecule has 4 aliphatic carbocycles. The van der Waals surface area contributed by atoms with E-state index in [2.05, 4.69) is 78.8 Å². The van der Waals surface area contributed by atoms with Crippen molar-refractivity contribution in [1.82, 2.24) is 25.8 Å². The summed E-state index contributed by atoms with van der Waals surface area (Å²) < 4.78 is 11.1. The normalized spacial score (nSPS) is 24.9. The van der Waals surface area contributed by atoms with Crippen LogP contribution in [0.3, 0.4) is 0 Å². The van der Waals surface area contributed by atoms with Gasteiger partial charge in [0.15, 0.2) is 0 Å². The third kappa shape index (κ3) is 15.8. The summed E-state index contributed by atoms with van der Waals surface area (Å²) in [5.74, 6) is 1.31. The zero-order chi connectivity index (χ0) is 57.9. The van der Waals surface area contributed by atoms with Crippen LogP contribution in [-0.2, 0) is 56.0 Å². The zero-order valence-electron chi connectivity index (χ0n) is 48.3. The Labute approximate surface area is 474 Å². The summed E-state index contributed by atoms with van der Waals surface area (Å²) in [5, 5.41) is 37.2. The van der Waals surface area contributed by atoms with Gasteiger partial charge in [0.2, 0.25) is 17.7 Å². The minimum atomic E-state index is -0.656. The molecule has 9 rings (SSSR count). The maximum Gasteiger partial charge on any atom is 0.411 e. The highest BCUT2D eigenvalue weighted by Gasteiger charge is 2.54. The van der Waals surface area contributed by atoms with Gasteiger partial charge in [-0.15, -0.1) is 0 Å². The molecule has 426 valence electrons. The lowest BCUT2D eigenvalue weighted by atomic mass is 9.88. The molecule has 0 aromatic heterocycles. The molecule has 12 atom stereocenters. The monoisotopic (exact) mass is 1090 g/mol. The molecule has 5 amide bonds. The van der Waals surface area contributed by atoms with Crippen molar-refractivity contribution in [3.8, 4) is 18.2 Å². The number of aryl methyl sites for hydroxylation is 2. The first kappa shape index (κ1) is 60.5. The van der Waals surface area contributed by atoms with Crippen LogP contribution in [0.2, 0.25) is 0 Å². The lowest BCUT2D eigenvalue weighted by Gasteiger charge is -2.35. The number of rotatable bonds is 15. The SMILES string of the molecule is C=Cc1ccc(C[C@@H](C#N)NC(=O)[C@@H]2[C@H]3CC[C@H](C3)N2C(=O)OC(C)(C)C)cc1.CCc1ccc(C[C@@H](C#N)NC(=O)[C@@H]2[C@H]3CC[C@H](C3)N2C(=O)OC(C)(C)C)cc1.CCc1ccc(C[C@@H](C#N)NC(=O)[C@H]2C[C@@H]3CC[C@H]2C3)cc1. The van der Waals surface area contributed by atoms with Gasteiger partial charge in [0.25, 0.3) is 0 Å². The smallest absolute Gasteiger partial charge is 0.411 e. The summed E-state index contributed by atoms with van der Waals surface area (Å²) in [6, 6.07) is 28.0. The Morgan fingerprint density at radius 1 is 0.537 bits per heavy atom. The van der Waals surface area contributed by atoms with Crippen molar-refractivity contribution in [3.05, 3.63) is 113 Å². The summed E-state index contributed by atoms with van der Waals surface area (Å²) >= 11 is 0. The highest BCUT2D eigenvalue weighted by molar-refractivity contribution is 5.88. The number of hydrogen-bond donors (Lipinski definition) is 3. The zero-order valence-corrected chi connectivity index (χ0v) is 48.3. The number of piperidine rings is 2. The topological polar surface area (TPSA) is 218 Å². The van der Waals surface area contributed by atoms with E-state index in [0.29, 0.717) is 25.2 Å². The van der Waals surface area contributed by atoms with E-state index in [1.54, 1.807) is 15.9 Å². The second-order valence-electron chi connectivity index (χ2n) is 24.9. The molecule has 2 aliphatic heterocycles. The first-order valence-electron chi connectivity index (χ1n) is 29.1. The Morgan fingerprint density at radius 3 is 1.23 bits per heavy atom. The molecule has 80 heavy (non-hydrogen) atoms. The number of nitrogens with one attached hydrogen (secondary N) is 3. The van der Waals surface area contributed by atoms with Crippen molar-refractivity contribution < 1.29 is 33.4 Å². The predicted octanol–water partition coefficient (Wildman–Crippen LogP) is 10.5. The lowest BCUT2D eigenvalue weighted by molar-refractivity contribution is -0.128. The standard InChI is InChI=1S/C23H31N3O3.C23H29N3O3.C19H24N2O/c2*1-5-15-6-8-16(9-7-15)12-18(14-24)25-21(27)20-17-10-11-19(13-17)26(20)22(28)29-23(2,3)4;1-2-13-3-5-14(6-4-13)10-17(12-20)21-19(22)18-11-15-7-8-16(18)9-15/h6-9,17-20H,5,10-13H2,1-4H3,(H,25,27);5-9,17-20H,1,10-13H2,2-4H3,(H,25,27);3-6,15-18H,2,7-11H2,1H3,(H,21,22)/t2*17-,18-,19+,20-;15-,16+,17+,18+/m001/s1. The van der Waals surface area contributed by atoms with Gasteiger partial charge >= 0.3 is 12.2 Å². The molecule has 0 radical (unpaired) electrons. The van der Waals surface area contributed by atoms with Crippen LogP contribution in [0.15, 0.2) is 79.4 Å². The van der Waals surface area contributed by atoms with E-state index in [1.165, 1.54) is 30.4 Å². The van der Waals surface area contributed by atoms with Gasteiger partial charge < -0.3 is 25.4 Å². The number of amides is 5. The molecule has 3 N–H and O–H groups in total. The number of benzene rings is 3. The molecule has 2 saturated heterocycles. The summed E-state index contributed by atoms with van der Waals surface area (Å²) in [4.78, 5) is 67.2. The number of ether oxygens (including phenoxy) is 2. The maximum absolute atomic E-state index is 13.1. The molecule has 4 saturated carbocycles. The Morgan fingerprint density at radius 2 is 0.900 bits per heavy atom. The van der Waals surface area contributed by atoms with E-state index in [0.717, 1.165) is 86.0 Å². The van der Waals surface area contributed by atoms with Crippen molar-refractivity contribution in [2.75, 3.05) is 0 Å². The van der Waals surface area contributed by atoms with Crippen LogP contribution in [0.4, 0.5) is 9.59 Å². The van der Waals surface area contributed by atoms with Gasteiger partial charge in [-0.25, -0.2) is 9.59 Å². The van der Waals surface area contributed by atoms with Crippen LogP contribution >= 0.6 is 0 Å². The molecule has 0 spiro atoms. The van der Waals surface area contributed by atoms with Gasteiger partial charge in [-0.3, -0.25) is 24.2 Å². The van der Waals surface area contributed by atoms with Crippen LogP contribution in [0.5, 0.6) is 0 Å². The molecule has 6 fully saturated rings. The number of likely N-dealkylation sites (tertiary alicyclic amines) is 2. The molecule has 3 aromatic carbocycles. The van der Waals surface area contributed by atoms with Gasteiger partial charge in [-0.1, -0.05) is 106 Å². The van der Waals surface area contributed by atoms with Crippen LogP contribution < -0.4 is 16.0 Å². The number of carbonyl (C=O) groups excluding carboxylic acids is 5. The third-order valence-electron chi connectivity index (χ3n) is 16.8. The first-order valence-corrected chi connectivity index (χ1v) is 29.1. The van der Waals surface area contributed by atoms with Gasteiger partial charge in [-0.05, 0) is 169 Å². The fraction of sp³-hybridized carbons (Fsp3) is 0.569. The first-order chi connectivity index (χ1) is 38.1. The summed E-state index contributed by atoms with van der Waals surface area (Å²) in [6.45, 7) is 18.9. The summed E-state index contributed by atoms with van der Waals surface area (Å²) in [5.41, 5.74) is 5.38. The van der Waals surface area contributed by atoms with Crippen molar-refractivity contribution in [3.63, 3.8) is 0 Å². The lowest BCUT2D eigenvalue weighted by Crippen LogP contribution is -2.55. The van der Waals surface area contributed by atoms with Crippen LogP contribution in [0.25, 0.3) is 6.08 Å². The minimum Gasteiger partial charge on any atom is -0.444 e. The molecule has 6 aliphatic rings. The average Bonchev–Trinajstić information content (AvgIpc) is 4.34. The predicted molar refractivity (Wildman–Crippen MR) is 307 cm³/mol. The average molecular weight is 1090 g/mol. The molecule has 6 bridgehead atoms. The minimum absolute atomic E-state index is 0.0394. The fourth-order valence-electron chi connectivity index (χ4n) is 12.9.